The highest BCUT2D eigenvalue weighted by Gasteiger charge is 2.72. The fourth-order valence-corrected chi connectivity index (χ4v) is 5.44. The lowest BCUT2D eigenvalue weighted by atomic mass is 9.64. The summed E-state index contributed by atoms with van der Waals surface area (Å²) in [6, 6.07) is 8.19. The van der Waals surface area contributed by atoms with Gasteiger partial charge in [-0.2, -0.15) is 0 Å². The van der Waals surface area contributed by atoms with E-state index in [9.17, 15) is 29.8 Å². The molecule has 2 aromatic carbocycles. The predicted octanol–water partition coefficient (Wildman–Crippen LogP) is 2.10. The number of amides is 1. The molecular formula is C21H18N4O8. The van der Waals surface area contributed by atoms with Crippen molar-refractivity contribution in [1.29, 1.82) is 0 Å². The minimum Gasteiger partial charge on any atom is -0.467 e. The molecule has 1 fully saturated rings. The SMILES string of the molecule is COC(=O)[C@@H]1C[C@]23c4ccccc4N[C@]2(CN1C(C)=O)Oc1c([N+](=O)[O-])cc([N+](=O)[O-])cc13. The van der Waals surface area contributed by atoms with Crippen LogP contribution >= 0.6 is 0 Å². The molecule has 0 unspecified atom stereocenters. The number of para-hydroxylation sites is 1. The van der Waals surface area contributed by atoms with Crippen LogP contribution < -0.4 is 10.1 Å². The first-order chi connectivity index (χ1) is 15.6. The molecule has 5 rings (SSSR count). The molecule has 3 heterocycles. The molecular weight excluding hydrogens is 436 g/mol. The number of nitro groups is 2. The van der Waals surface area contributed by atoms with Gasteiger partial charge in [0.15, 0.2) is 0 Å². The van der Waals surface area contributed by atoms with Crippen LogP contribution in [0.2, 0.25) is 0 Å². The van der Waals surface area contributed by atoms with E-state index in [4.69, 9.17) is 9.47 Å². The van der Waals surface area contributed by atoms with Crippen LogP contribution in [0.25, 0.3) is 0 Å². The Balaban J connectivity index is 1.85. The van der Waals surface area contributed by atoms with Crippen LogP contribution in [-0.4, -0.2) is 52.0 Å². The van der Waals surface area contributed by atoms with Crippen LogP contribution in [0, 0.1) is 20.2 Å². The van der Waals surface area contributed by atoms with E-state index >= 15 is 0 Å². The molecule has 0 radical (unpaired) electrons. The number of benzene rings is 2. The fraction of sp³-hybridized carbons (Fsp3) is 0.333. The summed E-state index contributed by atoms with van der Waals surface area (Å²) in [6.07, 6.45) is -0.0470. The second-order valence-corrected chi connectivity index (χ2v) is 8.25. The topological polar surface area (TPSA) is 154 Å². The van der Waals surface area contributed by atoms with E-state index in [0.29, 0.717) is 11.3 Å². The first-order valence-corrected chi connectivity index (χ1v) is 10.0. The highest BCUT2D eigenvalue weighted by molar-refractivity contribution is 5.86. The number of methoxy groups -OCH3 is 1. The zero-order valence-corrected chi connectivity index (χ0v) is 17.6. The van der Waals surface area contributed by atoms with Gasteiger partial charge in [-0.1, -0.05) is 18.2 Å². The highest BCUT2D eigenvalue weighted by atomic mass is 16.6. The Bertz CT molecular complexity index is 1260. The van der Waals surface area contributed by atoms with Gasteiger partial charge in [0.05, 0.1) is 35.0 Å². The van der Waals surface area contributed by atoms with Crippen molar-refractivity contribution in [2.45, 2.75) is 30.5 Å². The summed E-state index contributed by atoms with van der Waals surface area (Å²) in [7, 11) is 1.20. The van der Waals surface area contributed by atoms with E-state index in [-0.39, 0.29) is 24.3 Å². The summed E-state index contributed by atoms with van der Waals surface area (Å²) in [5.74, 6) is -1.20. The van der Waals surface area contributed by atoms with Gasteiger partial charge in [-0.25, -0.2) is 4.79 Å². The van der Waals surface area contributed by atoms with Crippen LogP contribution in [0.5, 0.6) is 5.75 Å². The van der Waals surface area contributed by atoms with E-state index in [0.717, 1.165) is 6.07 Å². The number of esters is 1. The zero-order chi connectivity index (χ0) is 23.7. The number of carbonyl (C=O) groups excluding carboxylic acids is 2. The smallest absolute Gasteiger partial charge is 0.328 e. The normalized spacial score (nSPS) is 26.1. The maximum absolute atomic E-state index is 12.7. The molecule has 2 aromatic rings. The number of rotatable bonds is 3. The van der Waals surface area contributed by atoms with Crippen LogP contribution in [0.4, 0.5) is 17.1 Å². The van der Waals surface area contributed by atoms with Gasteiger partial charge in [-0.05, 0) is 18.1 Å². The summed E-state index contributed by atoms with van der Waals surface area (Å²) < 4.78 is 11.2. The van der Waals surface area contributed by atoms with Crippen molar-refractivity contribution in [2.24, 2.45) is 0 Å². The maximum Gasteiger partial charge on any atom is 0.328 e. The largest absolute Gasteiger partial charge is 0.467 e. The Morgan fingerprint density at radius 3 is 2.55 bits per heavy atom. The number of likely N-dealkylation sites (tertiary alicyclic amines) is 1. The molecule has 33 heavy (non-hydrogen) atoms. The van der Waals surface area contributed by atoms with E-state index in [2.05, 4.69) is 5.32 Å². The molecule has 1 saturated heterocycles. The number of piperidine rings is 1. The van der Waals surface area contributed by atoms with Gasteiger partial charge >= 0.3 is 11.7 Å². The molecule has 3 aliphatic rings. The van der Waals surface area contributed by atoms with Crippen molar-refractivity contribution >= 4 is 28.9 Å². The van der Waals surface area contributed by atoms with Gasteiger partial charge in [-0.3, -0.25) is 25.0 Å². The first-order valence-electron chi connectivity index (χ1n) is 10.0. The third kappa shape index (κ3) is 2.51. The molecule has 3 atom stereocenters. The number of carbonyl (C=O) groups is 2. The number of fused-ring (bicyclic) bond motifs is 2. The van der Waals surface area contributed by atoms with Gasteiger partial charge in [0.2, 0.25) is 17.4 Å². The van der Waals surface area contributed by atoms with Gasteiger partial charge in [-0.15, -0.1) is 0 Å². The Morgan fingerprint density at radius 1 is 1.18 bits per heavy atom. The lowest BCUT2D eigenvalue weighted by Crippen LogP contribution is -2.69. The Kier molecular flexibility index (Phi) is 4.16. The Hall–Kier alpha value is -4.22. The molecule has 0 bridgehead atoms. The van der Waals surface area contributed by atoms with Crippen molar-refractivity contribution in [2.75, 3.05) is 19.0 Å². The van der Waals surface area contributed by atoms with Crippen molar-refractivity contribution in [3.05, 3.63) is 67.8 Å². The van der Waals surface area contributed by atoms with Crippen molar-refractivity contribution in [1.82, 2.24) is 4.90 Å². The molecule has 3 aliphatic heterocycles. The third-order valence-corrected chi connectivity index (χ3v) is 6.76. The van der Waals surface area contributed by atoms with Crippen LogP contribution in [-0.2, 0) is 19.7 Å². The van der Waals surface area contributed by atoms with E-state index in [1.54, 1.807) is 24.3 Å². The number of anilines is 1. The maximum atomic E-state index is 12.7. The number of nitro benzene ring substituents is 2. The lowest BCUT2D eigenvalue weighted by Gasteiger charge is -2.49. The summed E-state index contributed by atoms with van der Waals surface area (Å²) in [5.41, 5.74) is -2.13. The van der Waals surface area contributed by atoms with Gasteiger partial charge in [0.1, 0.15) is 6.04 Å². The monoisotopic (exact) mass is 454 g/mol. The molecule has 0 aliphatic carbocycles. The average Bonchev–Trinajstić information content (AvgIpc) is 3.22. The number of nitrogens with one attached hydrogen (secondary N) is 1. The Labute approximate surface area is 186 Å². The number of non-ortho nitro benzene ring substituents is 1. The molecule has 0 saturated carbocycles. The third-order valence-electron chi connectivity index (χ3n) is 6.76. The zero-order valence-electron chi connectivity index (χ0n) is 17.6. The number of hydrogen-bond acceptors (Lipinski definition) is 9. The van der Waals surface area contributed by atoms with Gasteiger partial charge in [0.25, 0.3) is 5.69 Å². The second-order valence-electron chi connectivity index (χ2n) is 8.25. The molecule has 0 spiro atoms. The van der Waals surface area contributed by atoms with E-state index in [1.165, 1.54) is 25.0 Å². The highest BCUT2D eigenvalue weighted by Crippen LogP contribution is 2.65. The summed E-state index contributed by atoms with van der Waals surface area (Å²) in [5, 5.41) is 26.7. The van der Waals surface area contributed by atoms with Gasteiger partial charge in [0, 0.05) is 24.2 Å². The van der Waals surface area contributed by atoms with Gasteiger partial charge < -0.3 is 19.7 Å². The standard InChI is InChI=1S/C21H18N4O8/c1-11(26)23-10-21-20(9-17(23)19(27)32-2,13-5-3-4-6-15(13)22-21)14-7-12(24(28)29)8-16(25(30)31)18(14)33-21/h3-8,17,22H,9-10H2,1-2H3/t17-,20+,21+/m0/s1. The molecule has 1 amide bonds. The molecule has 12 heteroatoms. The van der Waals surface area contributed by atoms with E-state index in [1.807, 2.05) is 0 Å². The number of ether oxygens (including phenoxy) is 2. The second kappa shape index (κ2) is 6.64. The molecule has 170 valence electrons. The van der Waals surface area contributed by atoms with Crippen molar-refractivity contribution < 1.29 is 28.9 Å². The predicted molar refractivity (Wildman–Crippen MR) is 112 cm³/mol. The number of nitrogens with zero attached hydrogens (tertiary/aromatic N) is 3. The molecule has 0 aromatic heterocycles. The average molecular weight is 454 g/mol. The van der Waals surface area contributed by atoms with E-state index < -0.39 is 50.3 Å². The van der Waals surface area contributed by atoms with Crippen LogP contribution in [0.1, 0.15) is 24.5 Å². The number of hydrogen-bond donors (Lipinski definition) is 1. The van der Waals surface area contributed by atoms with Crippen LogP contribution in [0.15, 0.2) is 36.4 Å². The fourth-order valence-electron chi connectivity index (χ4n) is 5.44. The summed E-state index contributed by atoms with van der Waals surface area (Å²) in [4.78, 5) is 48.6. The summed E-state index contributed by atoms with van der Waals surface area (Å²) in [6.45, 7) is 1.16. The summed E-state index contributed by atoms with van der Waals surface area (Å²) >= 11 is 0. The molecule has 1 N–H and O–H groups in total. The van der Waals surface area contributed by atoms with Crippen LogP contribution in [0.3, 0.4) is 0 Å². The Morgan fingerprint density at radius 2 is 1.91 bits per heavy atom. The van der Waals surface area contributed by atoms with Crippen molar-refractivity contribution in [3.8, 4) is 5.75 Å². The lowest BCUT2D eigenvalue weighted by molar-refractivity contribution is -0.394. The molecule has 12 nitrogen and oxygen atoms in total. The minimum atomic E-state index is -1.41. The first kappa shape index (κ1) is 20.7. The minimum absolute atomic E-state index is 0.0470. The quantitative estimate of drug-likeness (QED) is 0.417. The van der Waals surface area contributed by atoms with Crippen molar-refractivity contribution in [3.63, 3.8) is 0 Å².